The number of benzene rings is 2. The van der Waals surface area contributed by atoms with Gasteiger partial charge >= 0.3 is 0 Å². The van der Waals surface area contributed by atoms with Gasteiger partial charge in [-0.15, -0.1) is 0 Å². The number of para-hydroxylation sites is 1. The fraction of sp³-hybridized carbons (Fsp3) is 0.462. The van der Waals surface area contributed by atoms with E-state index >= 15 is 0 Å². The Hall–Kier alpha value is -2.39. The second kappa shape index (κ2) is 11.6. The van der Waals surface area contributed by atoms with E-state index in [2.05, 4.69) is 21.2 Å². The molecule has 2 aromatic rings. The number of hydrogen-bond donors (Lipinski definition) is 1. The topological polar surface area (TPSA) is 86.8 Å². The first-order chi connectivity index (χ1) is 16.1. The summed E-state index contributed by atoms with van der Waals surface area (Å²) in [7, 11) is -3.78. The summed E-state index contributed by atoms with van der Waals surface area (Å²) in [5.74, 6) is -0.723. The fourth-order valence-corrected chi connectivity index (χ4v) is 5.00. The van der Waals surface area contributed by atoms with Crippen LogP contribution in [0.2, 0.25) is 0 Å². The maximum Gasteiger partial charge on any atom is 0.244 e. The Kier molecular flexibility index (Phi) is 9.53. The zero-order chi connectivity index (χ0) is 26.6. The molecule has 7 nitrogen and oxygen atoms in total. The first-order valence-electron chi connectivity index (χ1n) is 11.5. The maximum absolute atomic E-state index is 13.7. The van der Waals surface area contributed by atoms with Gasteiger partial charge in [0.15, 0.2) is 0 Å². The van der Waals surface area contributed by atoms with E-state index in [1.54, 1.807) is 19.1 Å². The zero-order valence-corrected chi connectivity index (χ0v) is 23.9. The van der Waals surface area contributed by atoms with Crippen molar-refractivity contribution in [1.82, 2.24) is 10.2 Å². The average Bonchev–Trinajstić information content (AvgIpc) is 2.73. The van der Waals surface area contributed by atoms with Gasteiger partial charge in [0.25, 0.3) is 0 Å². The minimum atomic E-state index is -3.78. The van der Waals surface area contributed by atoms with Gasteiger partial charge in [-0.2, -0.15) is 0 Å². The first-order valence-corrected chi connectivity index (χ1v) is 14.2. The Morgan fingerprint density at radius 3 is 2.20 bits per heavy atom. The van der Waals surface area contributed by atoms with Crippen LogP contribution in [0.1, 0.15) is 58.6 Å². The molecular formula is C26H36BrN3O4S. The van der Waals surface area contributed by atoms with E-state index in [9.17, 15) is 18.0 Å². The van der Waals surface area contributed by atoms with E-state index in [1.807, 2.05) is 71.0 Å². The lowest BCUT2D eigenvalue weighted by molar-refractivity contribution is -0.140. The molecule has 0 saturated carbocycles. The summed E-state index contributed by atoms with van der Waals surface area (Å²) in [6, 6.07) is 13.8. The molecule has 0 bridgehead atoms. The molecule has 1 atom stereocenters. The summed E-state index contributed by atoms with van der Waals surface area (Å²) in [6.07, 6.45) is 1.09. The van der Waals surface area contributed by atoms with Crippen LogP contribution in [0, 0.1) is 0 Å². The van der Waals surface area contributed by atoms with Gasteiger partial charge in [-0.05, 0) is 62.9 Å². The summed E-state index contributed by atoms with van der Waals surface area (Å²) in [5, 5.41) is 2.92. The van der Waals surface area contributed by atoms with E-state index in [-0.39, 0.29) is 18.4 Å². The number of rotatable bonds is 9. The number of halogens is 1. The number of carbonyl (C=O) groups is 2. The van der Waals surface area contributed by atoms with Gasteiger partial charge in [-0.25, -0.2) is 8.42 Å². The van der Waals surface area contributed by atoms with Gasteiger partial charge in [0.1, 0.15) is 12.6 Å². The highest BCUT2D eigenvalue weighted by molar-refractivity contribution is 9.10. The maximum atomic E-state index is 13.7. The van der Waals surface area contributed by atoms with Gasteiger partial charge in [0.05, 0.1) is 11.9 Å². The van der Waals surface area contributed by atoms with Crippen molar-refractivity contribution >= 4 is 43.5 Å². The standard InChI is InChI=1S/C26H36BrN3O4S/c1-18(2)22-13-8-9-14-23(22)30(35(7,33)34)17-24(31)29(16-20-11-10-12-21(27)15-20)19(3)25(32)28-26(4,5)6/h8-15,18-19H,16-17H2,1-7H3,(H,28,32)/t19-/m1/s1. The lowest BCUT2D eigenvalue weighted by Gasteiger charge is -2.33. The van der Waals surface area contributed by atoms with Gasteiger partial charge in [-0.1, -0.05) is 60.1 Å². The Morgan fingerprint density at radius 2 is 1.66 bits per heavy atom. The molecule has 0 aromatic heterocycles. The second-order valence-electron chi connectivity index (χ2n) is 10.0. The predicted octanol–water partition coefficient (Wildman–Crippen LogP) is 4.67. The minimum absolute atomic E-state index is 0.0554. The number of nitrogens with one attached hydrogen (secondary N) is 1. The SMILES string of the molecule is CC(C)c1ccccc1N(CC(=O)N(Cc1cccc(Br)c1)[C@H](C)C(=O)NC(C)(C)C)S(C)(=O)=O. The van der Waals surface area contributed by atoms with Gasteiger partial charge in [0.2, 0.25) is 21.8 Å². The molecule has 0 saturated heterocycles. The normalized spacial score (nSPS) is 12.8. The Bertz CT molecular complexity index is 1160. The Morgan fingerprint density at radius 1 is 1.03 bits per heavy atom. The van der Waals surface area contributed by atoms with Crippen LogP contribution in [0.4, 0.5) is 5.69 Å². The van der Waals surface area contributed by atoms with E-state index in [1.165, 1.54) is 4.90 Å². The number of anilines is 1. The Labute approximate surface area is 218 Å². The molecule has 0 heterocycles. The molecule has 35 heavy (non-hydrogen) atoms. The number of sulfonamides is 1. The summed E-state index contributed by atoms with van der Waals surface area (Å²) < 4.78 is 27.6. The van der Waals surface area contributed by atoms with Crippen molar-refractivity contribution in [2.75, 3.05) is 17.1 Å². The lowest BCUT2D eigenvalue weighted by atomic mass is 10.0. The molecule has 9 heteroatoms. The molecule has 0 aliphatic rings. The van der Waals surface area contributed by atoms with Crippen LogP contribution in [-0.2, 0) is 26.2 Å². The fourth-order valence-electron chi connectivity index (χ4n) is 3.69. The van der Waals surface area contributed by atoms with Crippen LogP contribution < -0.4 is 9.62 Å². The summed E-state index contributed by atoms with van der Waals surface area (Å²) >= 11 is 3.44. The van der Waals surface area contributed by atoms with Crippen LogP contribution in [0.25, 0.3) is 0 Å². The third kappa shape index (κ3) is 8.35. The van der Waals surface area contributed by atoms with E-state index in [0.29, 0.717) is 5.69 Å². The van der Waals surface area contributed by atoms with Crippen molar-refractivity contribution in [2.45, 2.75) is 65.6 Å². The molecule has 192 valence electrons. The average molecular weight is 567 g/mol. The molecule has 0 spiro atoms. The van der Waals surface area contributed by atoms with E-state index in [0.717, 1.165) is 26.2 Å². The predicted molar refractivity (Wildman–Crippen MR) is 145 cm³/mol. The van der Waals surface area contributed by atoms with Crippen molar-refractivity contribution in [1.29, 1.82) is 0 Å². The first kappa shape index (κ1) is 28.8. The van der Waals surface area contributed by atoms with Crippen molar-refractivity contribution in [3.05, 3.63) is 64.1 Å². The molecule has 1 N–H and O–H groups in total. The molecule has 0 unspecified atom stereocenters. The molecule has 2 amide bonds. The number of carbonyl (C=O) groups excluding carboxylic acids is 2. The van der Waals surface area contributed by atoms with Gasteiger partial charge in [-0.3, -0.25) is 13.9 Å². The molecule has 0 aliphatic heterocycles. The van der Waals surface area contributed by atoms with Crippen LogP contribution in [0.15, 0.2) is 53.0 Å². The molecular weight excluding hydrogens is 530 g/mol. The highest BCUT2D eigenvalue weighted by Gasteiger charge is 2.32. The van der Waals surface area contributed by atoms with Crippen LogP contribution in [0.5, 0.6) is 0 Å². The minimum Gasteiger partial charge on any atom is -0.350 e. The third-order valence-electron chi connectivity index (χ3n) is 5.41. The number of nitrogens with zero attached hydrogens (tertiary/aromatic N) is 2. The van der Waals surface area contributed by atoms with Crippen molar-refractivity contribution in [3.63, 3.8) is 0 Å². The lowest BCUT2D eigenvalue weighted by Crippen LogP contribution is -2.54. The third-order valence-corrected chi connectivity index (χ3v) is 7.03. The number of hydrogen-bond acceptors (Lipinski definition) is 4. The smallest absolute Gasteiger partial charge is 0.244 e. The largest absolute Gasteiger partial charge is 0.350 e. The second-order valence-corrected chi connectivity index (χ2v) is 12.9. The Balaban J connectivity index is 2.47. The molecule has 2 rings (SSSR count). The van der Waals surface area contributed by atoms with Crippen molar-refractivity contribution < 1.29 is 18.0 Å². The molecule has 2 aromatic carbocycles. The quantitative estimate of drug-likeness (QED) is 0.478. The van der Waals surface area contributed by atoms with Crippen LogP contribution >= 0.6 is 15.9 Å². The highest BCUT2D eigenvalue weighted by Crippen LogP contribution is 2.29. The number of amides is 2. The molecule has 0 fully saturated rings. The zero-order valence-electron chi connectivity index (χ0n) is 21.5. The van der Waals surface area contributed by atoms with Crippen LogP contribution in [0.3, 0.4) is 0 Å². The van der Waals surface area contributed by atoms with Crippen LogP contribution in [-0.4, -0.2) is 49.5 Å². The van der Waals surface area contributed by atoms with E-state index < -0.39 is 34.1 Å². The van der Waals surface area contributed by atoms with Crippen molar-refractivity contribution in [2.24, 2.45) is 0 Å². The van der Waals surface area contributed by atoms with E-state index in [4.69, 9.17) is 0 Å². The summed E-state index contributed by atoms with van der Waals surface area (Å²) in [4.78, 5) is 28.1. The highest BCUT2D eigenvalue weighted by atomic mass is 79.9. The monoisotopic (exact) mass is 565 g/mol. The van der Waals surface area contributed by atoms with Crippen molar-refractivity contribution in [3.8, 4) is 0 Å². The summed E-state index contributed by atoms with van der Waals surface area (Å²) in [6.45, 7) is 10.9. The molecule has 0 radical (unpaired) electrons. The molecule has 0 aliphatic carbocycles. The van der Waals surface area contributed by atoms with Gasteiger partial charge in [0, 0.05) is 16.6 Å². The summed E-state index contributed by atoms with van der Waals surface area (Å²) in [5.41, 5.74) is 1.62. The van der Waals surface area contributed by atoms with Gasteiger partial charge < -0.3 is 10.2 Å².